The summed E-state index contributed by atoms with van der Waals surface area (Å²) < 4.78 is 1.31. The van der Waals surface area contributed by atoms with Crippen molar-refractivity contribution < 1.29 is 0 Å². The smallest absolute Gasteiger partial charge is 0.0370 e. The third kappa shape index (κ3) is 3.28. The van der Waals surface area contributed by atoms with Crippen LogP contribution in [0.4, 0.5) is 5.69 Å². The van der Waals surface area contributed by atoms with Crippen molar-refractivity contribution in [2.75, 3.05) is 23.4 Å². The molecule has 1 fully saturated rings. The molecule has 1 aliphatic heterocycles. The van der Waals surface area contributed by atoms with Gasteiger partial charge in [0.2, 0.25) is 0 Å². The summed E-state index contributed by atoms with van der Waals surface area (Å²) in [4.78, 5) is 0. The lowest BCUT2D eigenvalue weighted by Crippen LogP contribution is -2.14. The predicted octanol–water partition coefficient (Wildman–Crippen LogP) is 3.76. The van der Waals surface area contributed by atoms with Crippen molar-refractivity contribution in [2.24, 2.45) is 5.92 Å². The molecule has 0 amide bonds. The number of hydrogen-bond acceptors (Lipinski definition) is 2. The van der Waals surface area contributed by atoms with E-state index in [-0.39, 0.29) is 0 Å². The van der Waals surface area contributed by atoms with Crippen LogP contribution in [0.5, 0.6) is 0 Å². The first-order valence-corrected chi connectivity index (χ1v) is 7.57. The maximum atomic E-state index is 3.57. The molecule has 15 heavy (non-hydrogen) atoms. The Morgan fingerprint density at radius 2 is 2.40 bits per heavy atom. The summed E-state index contributed by atoms with van der Waals surface area (Å²) in [5.41, 5.74) is 2.65. The molecule has 1 unspecified atom stereocenters. The van der Waals surface area contributed by atoms with Gasteiger partial charge in [0.25, 0.3) is 0 Å². The molecule has 1 aromatic carbocycles. The van der Waals surface area contributed by atoms with Gasteiger partial charge in [-0.3, -0.25) is 0 Å². The first kappa shape index (κ1) is 11.6. The van der Waals surface area contributed by atoms with E-state index in [0.29, 0.717) is 0 Å². The number of rotatable bonds is 3. The highest BCUT2D eigenvalue weighted by Gasteiger charge is 2.14. The lowest BCUT2D eigenvalue weighted by Gasteiger charge is -2.13. The van der Waals surface area contributed by atoms with E-state index in [2.05, 4.69) is 64.8 Å². The van der Waals surface area contributed by atoms with E-state index in [0.717, 1.165) is 12.5 Å². The van der Waals surface area contributed by atoms with Gasteiger partial charge in [0, 0.05) is 15.8 Å². The summed E-state index contributed by atoms with van der Waals surface area (Å²) in [6.07, 6.45) is 1.38. The quantitative estimate of drug-likeness (QED) is 0.846. The average Bonchev–Trinajstić information content (AvgIpc) is 2.69. The van der Waals surface area contributed by atoms with Crippen molar-refractivity contribution in [1.29, 1.82) is 0 Å². The van der Waals surface area contributed by atoms with E-state index >= 15 is 0 Å². The van der Waals surface area contributed by atoms with Crippen molar-refractivity contribution in [3.63, 3.8) is 0 Å². The molecule has 0 radical (unpaired) electrons. The van der Waals surface area contributed by atoms with Gasteiger partial charge in [0.05, 0.1) is 0 Å². The largest absolute Gasteiger partial charge is 0.385 e. The molecule has 0 aromatic heterocycles. The zero-order chi connectivity index (χ0) is 10.7. The summed E-state index contributed by atoms with van der Waals surface area (Å²) in [5, 5.41) is 3.57. The molecule has 0 spiro atoms. The minimum atomic E-state index is 0.869. The number of aryl methyl sites for hydroxylation is 1. The van der Waals surface area contributed by atoms with E-state index in [1.807, 2.05) is 0 Å². The fourth-order valence-corrected chi connectivity index (χ4v) is 3.76. The summed E-state index contributed by atoms with van der Waals surface area (Å²) in [6, 6.07) is 6.59. The maximum absolute atomic E-state index is 3.57. The number of anilines is 1. The molecule has 1 aliphatic rings. The molecule has 1 nitrogen and oxygen atoms in total. The van der Waals surface area contributed by atoms with Crippen LogP contribution in [-0.2, 0) is 0 Å². The molecule has 0 saturated carbocycles. The molecule has 0 bridgehead atoms. The van der Waals surface area contributed by atoms with Crippen LogP contribution < -0.4 is 5.32 Å². The van der Waals surface area contributed by atoms with Gasteiger partial charge in [-0.1, -0.05) is 0 Å². The molecular weight excluding hydrogens is 317 g/mol. The highest BCUT2D eigenvalue weighted by atomic mass is 127. The summed E-state index contributed by atoms with van der Waals surface area (Å²) in [5.74, 6) is 3.54. The minimum absolute atomic E-state index is 0.869. The highest BCUT2D eigenvalue weighted by Crippen LogP contribution is 2.24. The van der Waals surface area contributed by atoms with Crippen LogP contribution in [0.2, 0.25) is 0 Å². The second kappa shape index (κ2) is 5.43. The summed E-state index contributed by atoms with van der Waals surface area (Å²) in [7, 11) is 0. The highest BCUT2D eigenvalue weighted by molar-refractivity contribution is 14.1. The van der Waals surface area contributed by atoms with E-state index in [1.54, 1.807) is 0 Å². The van der Waals surface area contributed by atoms with E-state index in [4.69, 9.17) is 0 Å². The van der Waals surface area contributed by atoms with E-state index < -0.39 is 0 Å². The van der Waals surface area contributed by atoms with Crippen LogP contribution in [0, 0.1) is 16.4 Å². The van der Waals surface area contributed by atoms with Gasteiger partial charge in [0.15, 0.2) is 0 Å². The fourth-order valence-electron chi connectivity index (χ4n) is 1.82. The third-order valence-corrected chi connectivity index (χ3v) is 4.70. The van der Waals surface area contributed by atoms with Crippen LogP contribution in [0.15, 0.2) is 18.2 Å². The van der Waals surface area contributed by atoms with Crippen molar-refractivity contribution in [3.8, 4) is 0 Å². The molecule has 0 aliphatic carbocycles. The standard InChI is InChI=1S/C12H16INS/c1-9-6-11(13)2-3-12(9)14-7-10-4-5-15-8-10/h2-3,6,10,14H,4-5,7-8H2,1H3. The van der Waals surface area contributed by atoms with Crippen LogP contribution in [0.3, 0.4) is 0 Å². The molecule has 2 rings (SSSR count). The predicted molar refractivity (Wildman–Crippen MR) is 77.8 cm³/mol. The van der Waals surface area contributed by atoms with Gasteiger partial charge in [-0.25, -0.2) is 0 Å². The van der Waals surface area contributed by atoms with Gasteiger partial charge in [0.1, 0.15) is 0 Å². The monoisotopic (exact) mass is 333 g/mol. The SMILES string of the molecule is Cc1cc(I)ccc1NCC1CCSC1. The Morgan fingerprint density at radius 3 is 3.07 bits per heavy atom. The number of nitrogens with one attached hydrogen (secondary N) is 1. The Kier molecular flexibility index (Phi) is 4.20. The van der Waals surface area contributed by atoms with E-state index in [9.17, 15) is 0 Å². The van der Waals surface area contributed by atoms with Crippen LogP contribution in [-0.4, -0.2) is 18.1 Å². The summed E-state index contributed by atoms with van der Waals surface area (Å²) in [6.45, 7) is 3.31. The van der Waals surface area contributed by atoms with Gasteiger partial charge in [-0.15, -0.1) is 0 Å². The number of hydrogen-bond donors (Lipinski definition) is 1. The number of benzene rings is 1. The molecule has 1 N–H and O–H groups in total. The Bertz CT molecular complexity index is 334. The third-order valence-electron chi connectivity index (χ3n) is 2.79. The van der Waals surface area contributed by atoms with Gasteiger partial charge >= 0.3 is 0 Å². The van der Waals surface area contributed by atoms with Gasteiger partial charge in [-0.05, 0) is 77.1 Å². The van der Waals surface area contributed by atoms with E-state index in [1.165, 1.54) is 32.7 Å². The molecule has 3 heteroatoms. The number of thioether (sulfide) groups is 1. The molecule has 1 atom stereocenters. The van der Waals surface area contributed by atoms with Crippen LogP contribution in [0.25, 0.3) is 0 Å². The molecule has 1 saturated heterocycles. The van der Waals surface area contributed by atoms with Crippen LogP contribution >= 0.6 is 34.4 Å². The molecular formula is C12H16INS. The van der Waals surface area contributed by atoms with Crippen molar-refractivity contribution in [2.45, 2.75) is 13.3 Å². The van der Waals surface area contributed by atoms with Crippen molar-refractivity contribution in [3.05, 3.63) is 27.3 Å². The normalized spacial score (nSPS) is 20.5. The van der Waals surface area contributed by atoms with Crippen LogP contribution in [0.1, 0.15) is 12.0 Å². The zero-order valence-corrected chi connectivity index (χ0v) is 11.9. The molecule has 1 heterocycles. The molecule has 1 aromatic rings. The zero-order valence-electron chi connectivity index (χ0n) is 8.92. The minimum Gasteiger partial charge on any atom is -0.385 e. The molecule has 82 valence electrons. The Morgan fingerprint density at radius 1 is 1.53 bits per heavy atom. The Hall–Kier alpha value is 0.1000. The summed E-state index contributed by atoms with van der Waals surface area (Å²) >= 11 is 4.44. The van der Waals surface area contributed by atoms with Gasteiger partial charge < -0.3 is 5.32 Å². The lowest BCUT2D eigenvalue weighted by molar-refractivity contribution is 0.631. The first-order valence-electron chi connectivity index (χ1n) is 5.33. The number of halogens is 1. The topological polar surface area (TPSA) is 12.0 Å². The average molecular weight is 333 g/mol. The lowest BCUT2D eigenvalue weighted by atomic mass is 10.1. The van der Waals surface area contributed by atoms with Gasteiger partial charge in [-0.2, -0.15) is 11.8 Å². The van der Waals surface area contributed by atoms with Crippen molar-refractivity contribution in [1.82, 2.24) is 0 Å². The Labute approximate surface area is 110 Å². The Balaban J connectivity index is 1.92. The maximum Gasteiger partial charge on any atom is 0.0370 e. The second-order valence-corrected chi connectivity index (χ2v) is 6.47. The fraction of sp³-hybridized carbons (Fsp3) is 0.500. The second-order valence-electron chi connectivity index (χ2n) is 4.07. The first-order chi connectivity index (χ1) is 7.25. The van der Waals surface area contributed by atoms with Crippen molar-refractivity contribution >= 4 is 40.0 Å².